The summed E-state index contributed by atoms with van der Waals surface area (Å²) < 4.78 is 24.4. The molecule has 1 rings (SSSR count). The maximum Gasteiger partial charge on any atom is 0.253 e. The minimum absolute atomic E-state index is 0.242. The zero-order chi connectivity index (χ0) is 9.84. The molecule has 0 aromatic heterocycles. The third kappa shape index (κ3) is 3.22. The molecule has 1 nitrogen and oxygen atoms in total. The van der Waals surface area contributed by atoms with E-state index in [0.29, 0.717) is 5.92 Å². The second-order valence-electron chi connectivity index (χ2n) is 4.12. The third-order valence-corrected chi connectivity index (χ3v) is 3.01. The van der Waals surface area contributed by atoms with Crippen molar-refractivity contribution in [3.8, 4) is 0 Å². The zero-order valence-electron chi connectivity index (χ0n) is 8.39. The predicted molar refractivity (Wildman–Crippen MR) is 50.0 cm³/mol. The van der Waals surface area contributed by atoms with Crippen LogP contribution in [0.15, 0.2) is 0 Å². The van der Waals surface area contributed by atoms with Crippen LogP contribution in [0.2, 0.25) is 0 Å². The van der Waals surface area contributed by atoms with Crippen LogP contribution in [-0.4, -0.2) is 18.5 Å². The van der Waals surface area contributed by atoms with E-state index < -0.39 is 12.5 Å². The minimum atomic E-state index is -2.25. The first-order valence-electron chi connectivity index (χ1n) is 5.15. The van der Waals surface area contributed by atoms with E-state index in [2.05, 4.69) is 5.32 Å². The first-order chi connectivity index (χ1) is 6.11. The number of alkyl halides is 2. The van der Waals surface area contributed by atoms with Gasteiger partial charge in [-0.25, -0.2) is 8.78 Å². The molecule has 1 fully saturated rings. The quantitative estimate of drug-likeness (QED) is 0.720. The second-order valence-corrected chi connectivity index (χ2v) is 4.12. The van der Waals surface area contributed by atoms with Crippen LogP contribution in [-0.2, 0) is 0 Å². The van der Waals surface area contributed by atoms with Crippen LogP contribution in [0.5, 0.6) is 0 Å². The lowest BCUT2D eigenvalue weighted by Gasteiger charge is -2.24. The molecular formula is C10H19F2N. The highest BCUT2D eigenvalue weighted by Gasteiger charge is 2.24. The van der Waals surface area contributed by atoms with Crippen LogP contribution in [0.4, 0.5) is 8.78 Å². The first kappa shape index (κ1) is 10.9. The molecule has 1 aliphatic rings. The van der Waals surface area contributed by atoms with Crippen molar-refractivity contribution >= 4 is 0 Å². The SMILES string of the molecule is CC(N[C@H](C)C1CCCC1)C(F)F. The van der Waals surface area contributed by atoms with Gasteiger partial charge in [-0.3, -0.25) is 0 Å². The van der Waals surface area contributed by atoms with Crippen molar-refractivity contribution in [1.29, 1.82) is 0 Å². The van der Waals surface area contributed by atoms with E-state index in [4.69, 9.17) is 0 Å². The molecule has 0 amide bonds. The van der Waals surface area contributed by atoms with Crippen LogP contribution in [0, 0.1) is 5.92 Å². The standard InChI is InChI=1S/C10H19F2N/c1-7(9-5-3-4-6-9)13-8(2)10(11)12/h7-10,13H,3-6H2,1-2H3/t7-,8?/m1/s1. The highest BCUT2D eigenvalue weighted by atomic mass is 19.3. The van der Waals surface area contributed by atoms with E-state index >= 15 is 0 Å². The fourth-order valence-corrected chi connectivity index (χ4v) is 2.08. The topological polar surface area (TPSA) is 12.0 Å². The van der Waals surface area contributed by atoms with Crippen molar-refractivity contribution in [3.63, 3.8) is 0 Å². The summed E-state index contributed by atoms with van der Waals surface area (Å²) in [6.07, 6.45) is 2.68. The second kappa shape index (κ2) is 4.89. The van der Waals surface area contributed by atoms with Gasteiger partial charge in [0.15, 0.2) is 0 Å². The summed E-state index contributed by atoms with van der Waals surface area (Å²) >= 11 is 0. The average molecular weight is 191 g/mol. The van der Waals surface area contributed by atoms with Gasteiger partial charge < -0.3 is 5.32 Å². The molecule has 0 heterocycles. The van der Waals surface area contributed by atoms with E-state index in [0.717, 1.165) is 0 Å². The average Bonchev–Trinajstić information content (AvgIpc) is 2.55. The van der Waals surface area contributed by atoms with Crippen LogP contribution < -0.4 is 5.32 Å². The molecule has 1 aliphatic carbocycles. The fourth-order valence-electron chi connectivity index (χ4n) is 2.08. The van der Waals surface area contributed by atoms with Crippen molar-refractivity contribution in [2.45, 2.75) is 58.0 Å². The van der Waals surface area contributed by atoms with Crippen molar-refractivity contribution in [2.75, 3.05) is 0 Å². The Balaban J connectivity index is 2.26. The zero-order valence-corrected chi connectivity index (χ0v) is 8.39. The third-order valence-electron chi connectivity index (χ3n) is 3.01. The molecule has 3 heteroatoms. The lowest BCUT2D eigenvalue weighted by molar-refractivity contribution is 0.0962. The summed E-state index contributed by atoms with van der Waals surface area (Å²) in [5, 5.41) is 2.97. The predicted octanol–water partition coefficient (Wildman–Crippen LogP) is 2.81. The van der Waals surface area contributed by atoms with Crippen LogP contribution >= 0.6 is 0 Å². The van der Waals surface area contributed by atoms with Crippen LogP contribution in [0.3, 0.4) is 0 Å². The summed E-state index contributed by atoms with van der Waals surface area (Å²) in [5.74, 6) is 0.612. The van der Waals surface area contributed by atoms with Gasteiger partial charge in [0.25, 0.3) is 6.43 Å². The summed E-state index contributed by atoms with van der Waals surface area (Å²) in [5.41, 5.74) is 0. The van der Waals surface area contributed by atoms with Gasteiger partial charge in [0.2, 0.25) is 0 Å². The molecule has 1 saturated carbocycles. The Morgan fingerprint density at radius 2 is 1.69 bits per heavy atom. The van der Waals surface area contributed by atoms with Gasteiger partial charge in [0, 0.05) is 6.04 Å². The molecule has 2 atom stereocenters. The molecule has 0 aromatic rings. The van der Waals surface area contributed by atoms with Gasteiger partial charge >= 0.3 is 0 Å². The Morgan fingerprint density at radius 3 is 2.15 bits per heavy atom. The van der Waals surface area contributed by atoms with Gasteiger partial charge in [-0.1, -0.05) is 12.8 Å². The van der Waals surface area contributed by atoms with E-state index in [-0.39, 0.29) is 6.04 Å². The molecule has 0 bridgehead atoms. The summed E-state index contributed by atoms with van der Waals surface area (Å²) in [6.45, 7) is 3.57. The van der Waals surface area contributed by atoms with Gasteiger partial charge in [-0.15, -0.1) is 0 Å². The van der Waals surface area contributed by atoms with Crippen molar-refractivity contribution < 1.29 is 8.78 Å². The number of rotatable bonds is 4. The van der Waals surface area contributed by atoms with Crippen molar-refractivity contribution in [1.82, 2.24) is 5.32 Å². The highest BCUT2D eigenvalue weighted by molar-refractivity contribution is 4.79. The fraction of sp³-hybridized carbons (Fsp3) is 1.00. The molecule has 0 aliphatic heterocycles. The number of nitrogens with one attached hydrogen (secondary N) is 1. The largest absolute Gasteiger partial charge is 0.306 e. The van der Waals surface area contributed by atoms with Gasteiger partial charge in [0.05, 0.1) is 6.04 Å². The Morgan fingerprint density at radius 1 is 1.15 bits per heavy atom. The smallest absolute Gasteiger partial charge is 0.253 e. The maximum absolute atomic E-state index is 12.2. The Kier molecular flexibility index (Phi) is 4.10. The molecule has 0 saturated heterocycles. The maximum atomic E-state index is 12.2. The highest BCUT2D eigenvalue weighted by Crippen LogP contribution is 2.27. The Labute approximate surface area is 78.9 Å². The van der Waals surface area contributed by atoms with E-state index in [1.165, 1.54) is 25.7 Å². The summed E-state index contributed by atoms with van der Waals surface area (Å²) in [7, 11) is 0. The normalized spacial score (nSPS) is 23.8. The number of halogens is 2. The number of hydrogen-bond acceptors (Lipinski definition) is 1. The van der Waals surface area contributed by atoms with E-state index in [1.54, 1.807) is 6.92 Å². The molecule has 1 N–H and O–H groups in total. The molecule has 0 aromatic carbocycles. The van der Waals surface area contributed by atoms with Crippen molar-refractivity contribution in [3.05, 3.63) is 0 Å². The molecule has 78 valence electrons. The minimum Gasteiger partial charge on any atom is -0.306 e. The lowest BCUT2D eigenvalue weighted by atomic mass is 9.99. The first-order valence-corrected chi connectivity index (χ1v) is 5.15. The summed E-state index contributed by atoms with van der Waals surface area (Å²) in [6, 6.07) is -0.429. The van der Waals surface area contributed by atoms with Crippen LogP contribution in [0.25, 0.3) is 0 Å². The van der Waals surface area contributed by atoms with Crippen LogP contribution in [0.1, 0.15) is 39.5 Å². The summed E-state index contributed by atoms with van der Waals surface area (Å²) in [4.78, 5) is 0. The molecule has 1 unspecified atom stereocenters. The monoisotopic (exact) mass is 191 g/mol. The number of hydrogen-bond donors (Lipinski definition) is 1. The Hall–Kier alpha value is -0.180. The van der Waals surface area contributed by atoms with Gasteiger partial charge in [-0.2, -0.15) is 0 Å². The lowest BCUT2D eigenvalue weighted by Crippen LogP contribution is -2.42. The molecule has 13 heavy (non-hydrogen) atoms. The van der Waals surface area contributed by atoms with Crippen molar-refractivity contribution in [2.24, 2.45) is 5.92 Å². The Bertz CT molecular complexity index is 144. The van der Waals surface area contributed by atoms with Gasteiger partial charge in [0.1, 0.15) is 0 Å². The molecule has 0 radical (unpaired) electrons. The molecule has 0 spiro atoms. The van der Waals surface area contributed by atoms with E-state index in [9.17, 15) is 8.78 Å². The molecular weight excluding hydrogens is 172 g/mol. The van der Waals surface area contributed by atoms with Gasteiger partial charge in [-0.05, 0) is 32.6 Å². The van der Waals surface area contributed by atoms with E-state index in [1.807, 2.05) is 6.92 Å².